The Morgan fingerprint density at radius 1 is 1.11 bits per heavy atom. The number of cyclic esters (lactones) is 1. The zero-order valence-corrected chi connectivity index (χ0v) is 21.8. The zero-order valence-electron chi connectivity index (χ0n) is 21.8. The standard InChI is InChI=1S/C29H36N2O6/c1-18-23(17-20-8-5-4-6-9-20)22(16-21-12-13-21)10-7-11-24(29(34)36-18)31-28(33)26-27(37-19(2)32)25(35-3)14-15-30-26/h4-6,8-9,14-15,18,21-24H,7,10-13,16-17H2,1-3H3,(H,31,33)/t18-,22+,23-,24-/m0/s1. The van der Waals surface area contributed by atoms with E-state index in [4.69, 9.17) is 14.2 Å². The second-order valence-electron chi connectivity index (χ2n) is 10.2. The van der Waals surface area contributed by atoms with E-state index >= 15 is 0 Å². The summed E-state index contributed by atoms with van der Waals surface area (Å²) in [5.74, 6) is -0.150. The lowest BCUT2D eigenvalue weighted by molar-refractivity contribution is -0.154. The third-order valence-electron chi connectivity index (χ3n) is 7.36. The minimum Gasteiger partial charge on any atom is -0.493 e. The summed E-state index contributed by atoms with van der Waals surface area (Å²) in [5.41, 5.74) is 1.12. The molecular formula is C29H36N2O6. The van der Waals surface area contributed by atoms with Gasteiger partial charge in [0.15, 0.2) is 11.4 Å². The molecule has 37 heavy (non-hydrogen) atoms. The van der Waals surface area contributed by atoms with Gasteiger partial charge in [-0.2, -0.15) is 0 Å². The molecule has 1 aliphatic heterocycles. The molecule has 1 saturated carbocycles. The lowest BCUT2D eigenvalue weighted by Gasteiger charge is -2.31. The Labute approximate surface area is 218 Å². The number of hydrogen-bond acceptors (Lipinski definition) is 7. The van der Waals surface area contributed by atoms with Crippen molar-refractivity contribution in [2.75, 3.05) is 7.11 Å². The summed E-state index contributed by atoms with van der Waals surface area (Å²) in [5, 5.41) is 2.78. The molecule has 4 atom stereocenters. The maximum absolute atomic E-state index is 13.3. The number of pyridine rings is 1. The number of carbonyl (C=O) groups excluding carboxylic acids is 3. The predicted molar refractivity (Wildman–Crippen MR) is 137 cm³/mol. The average molecular weight is 509 g/mol. The van der Waals surface area contributed by atoms with Crippen molar-refractivity contribution in [1.82, 2.24) is 10.3 Å². The van der Waals surface area contributed by atoms with Crippen molar-refractivity contribution in [1.29, 1.82) is 0 Å². The fraction of sp³-hybridized carbons (Fsp3) is 0.517. The number of nitrogens with zero attached hydrogens (tertiary/aromatic N) is 1. The minimum atomic E-state index is -0.829. The number of ether oxygens (including phenoxy) is 3. The third-order valence-corrected chi connectivity index (χ3v) is 7.36. The summed E-state index contributed by atoms with van der Waals surface area (Å²) in [6, 6.07) is 11.0. The van der Waals surface area contributed by atoms with Crippen LogP contribution in [0, 0.1) is 17.8 Å². The van der Waals surface area contributed by atoms with Crippen LogP contribution in [0.3, 0.4) is 0 Å². The molecule has 4 rings (SSSR count). The number of rotatable bonds is 8. The molecule has 1 saturated heterocycles. The van der Waals surface area contributed by atoms with Gasteiger partial charge in [-0.05, 0) is 50.0 Å². The van der Waals surface area contributed by atoms with Crippen molar-refractivity contribution in [3.63, 3.8) is 0 Å². The first-order chi connectivity index (χ1) is 17.9. The molecule has 0 unspecified atom stereocenters. The van der Waals surface area contributed by atoms with Crippen LogP contribution in [0.15, 0.2) is 42.6 Å². The number of benzene rings is 1. The van der Waals surface area contributed by atoms with Crippen LogP contribution >= 0.6 is 0 Å². The zero-order chi connectivity index (χ0) is 26.4. The summed E-state index contributed by atoms with van der Waals surface area (Å²) >= 11 is 0. The molecule has 8 nitrogen and oxygen atoms in total. The van der Waals surface area contributed by atoms with Crippen molar-refractivity contribution in [3.8, 4) is 11.5 Å². The maximum atomic E-state index is 13.3. The number of aromatic nitrogens is 1. The van der Waals surface area contributed by atoms with Gasteiger partial charge in [-0.25, -0.2) is 9.78 Å². The highest BCUT2D eigenvalue weighted by molar-refractivity contribution is 5.98. The van der Waals surface area contributed by atoms with Crippen LogP contribution in [0.1, 0.15) is 68.4 Å². The second kappa shape index (κ2) is 12.2. The SMILES string of the molecule is COc1ccnc(C(=O)N[C@H]2CCC[C@H](CC3CC3)[C@@H](Cc3ccccc3)[C@H](C)OC2=O)c1OC(C)=O. The molecule has 2 fully saturated rings. The Kier molecular flexibility index (Phi) is 8.79. The topological polar surface area (TPSA) is 104 Å². The lowest BCUT2D eigenvalue weighted by Crippen LogP contribution is -2.43. The van der Waals surface area contributed by atoms with E-state index < -0.39 is 23.9 Å². The van der Waals surface area contributed by atoms with E-state index in [-0.39, 0.29) is 29.2 Å². The number of amides is 1. The number of methoxy groups -OCH3 is 1. The smallest absolute Gasteiger partial charge is 0.328 e. The van der Waals surface area contributed by atoms with Crippen molar-refractivity contribution >= 4 is 17.8 Å². The Morgan fingerprint density at radius 2 is 1.86 bits per heavy atom. The van der Waals surface area contributed by atoms with E-state index in [1.165, 1.54) is 44.7 Å². The van der Waals surface area contributed by atoms with E-state index in [2.05, 4.69) is 22.4 Å². The fourth-order valence-electron chi connectivity index (χ4n) is 5.30. The van der Waals surface area contributed by atoms with Crippen LogP contribution in [-0.2, 0) is 20.7 Å². The van der Waals surface area contributed by atoms with Crippen LogP contribution in [0.5, 0.6) is 11.5 Å². The minimum absolute atomic E-state index is 0.0766. The van der Waals surface area contributed by atoms with Crippen LogP contribution in [0.25, 0.3) is 0 Å². The van der Waals surface area contributed by atoms with Crippen LogP contribution < -0.4 is 14.8 Å². The van der Waals surface area contributed by atoms with Crippen molar-refractivity contribution in [2.24, 2.45) is 17.8 Å². The first-order valence-corrected chi connectivity index (χ1v) is 13.1. The van der Waals surface area contributed by atoms with Crippen LogP contribution in [0.2, 0.25) is 0 Å². The molecule has 1 amide bonds. The fourth-order valence-corrected chi connectivity index (χ4v) is 5.30. The van der Waals surface area contributed by atoms with E-state index in [0.717, 1.165) is 31.6 Å². The molecule has 1 aromatic carbocycles. The quantitative estimate of drug-likeness (QED) is 0.524. The summed E-state index contributed by atoms with van der Waals surface area (Å²) in [7, 11) is 1.41. The highest BCUT2D eigenvalue weighted by Crippen LogP contribution is 2.42. The van der Waals surface area contributed by atoms with Crippen molar-refractivity contribution in [3.05, 3.63) is 53.9 Å². The normalized spacial score (nSPS) is 24.1. The van der Waals surface area contributed by atoms with Crippen LogP contribution in [-0.4, -0.2) is 42.1 Å². The number of hydrogen-bond donors (Lipinski definition) is 1. The maximum Gasteiger partial charge on any atom is 0.328 e. The number of esters is 2. The molecule has 2 heterocycles. The Bertz CT molecular complexity index is 1100. The molecule has 2 aliphatic rings. The molecular weight excluding hydrogens is 472 g/mol. The molecule has 198 valence electrons. The van der Waals surface area contributed by atoms with Crippen LogP contribution in [0.4, 0.5) is 0 Å². The van der Waals surface area contributed by atoms with Gasteiger partial charge in [-0.1, -0.05) is 49.6 Å². The van der Waals surface area contributed by atoms with E-state index in [9.17, 15) is 14.4 Å². The first-order valence-electron chi connectivity index (χ1n) is 13.1. The molecule has 1 N–H and O–H groups in total. The molecule has 8 heteroatoms. The molecule has 1 aliphatic carbocycles. The van der Waals surface area contributed by atoms with Gasteiger partial charge in [-0.3, -0.25) is 9.59 Å². The van der Waals surface area contributed by atoms with E-state index in [1.807, 2.05) is 25.1 Å². The van der Waals surface area contributed by atoms with Crippen molar-refractivity contribution in [2.45, 2.75) is 70.9 Å². The average Bonchev–Trinajstić information content (AvgIpc) is 3.69. The Balaban J connectivity index is 1.52. The second-order valence-corrected chi connectivity index (χ2v) is 10.2. The number of nitrogens with one attached hydrogen (secondary N) is 1. The highest BCUT2D eigenvalue weighted by atomic mass is 16.6. The lowest BCUT2D eigenvalue weighted by atomic mass is 9.77. The molecule has 0 bridgehead atoms. The predicted octanol–water partition coefficient (Wildman–Crippen LogP) is 4.50. The van der Waals surface area contributed by atoms with Gasteiger partial charge >= 0.3 is 11.9 Å². The van der Waals surface area contributed by atoms with E-state index in [1.54, 1.807) is 0 Å². The molecule has 0 spiro atoms. The van der Waals surface area contributed by atoms with Gasteiger partial charge in [0.1, 0.15) is 12.1 Å². The van der Waals surface area contributed by atoms with Gasteiger partial charge in [0.25, 0.3) is 5.91 Å². The summed E-state index contributed by atoms with van der Waals surface area (Å²) in [6.45, 7) is 3.20. The highest BCUT2D eigenvalue weighted by Gasteiger charge is 2.37. The summed E-state index contributed by atoms with van der Waals surface area (Å²) in [6.07, 6.45) is 7.87. The van der Waals surface area contributed by atoms with Gasteiger partial charge < -0.3 is 19.5 Å². The van der Waals surface area contributed by atoms with Gasteiger partial charge in [0.2, 0.25) is 5.75 Å². The summed E-state index contributed by atoms with van der Waals surface area (Å²) < 4.78 is 16.4. The van der Waals surface area contributed by atoms with Gasteiger partial charge in [0.05, 0.1) is 7.11 Å². The largest absolute Gasteiger partial charge is 0.493 e. The molecule has 2 aromatic rings. The third kappa shape index (κ3) is 7.08. The Morgan fingerprint density at radius 3 is 2.54 bits per heavy atom. The number of carbonyl (C=O) groups is 3. The van der Waals surface area contributed by atoms with Gasteiger partial charge in [-0.15, -0.1) is 0 Å². The molecule has 1 aromatic heterocycles. The summed E-state index contributed by atoms with van der Waals surface area (Å²) in [4.78, 5) is 42.2. The molecule has 0 radical (unpaired) electrons. The van der Waals surface area contributed by atoms with Crippen molar-refractivity contribution < 1.29 is 28.6 Å². The monoisotopic (exact) mass is 508 g/mol. The van der Waals surface area contributed by atoms with E-state index in [0.29, 0.717) is 12.3 Å². The van der Waals surface area contributed by atoms with Gasteiger partial charge in [0, 0.05) is 25.1 Å². The first kappa shape index (κ1) is 26.6. The Hall–Kier alpha value is -3.42.